The quantitative estimate of drug-likeness (QED) is 0.183. The average Bonchev–Trinajstić information content (AvgIpc) is 3.18. The number of methoxy groups -OCH3 is 1. The van der Waals surface area contributed by atoms with Crippen molar-refractivity contribution in [2.75, 3.05) is 12.5 Å². The Kier molecular flexibility index (Phi) is 5.92. The van der Waals surface area contributed by atoms with Crippen LogP contribution in [-0.4, -0.2) is 24.3 Å². The molecule has 0 saturated heterocycles. The van der Waals surface area contributed by atoms with Crippen molar-refractivity contribution in [3.8, 4) is 11.5 Å². The Balaban J connectivity index is 1.45. The summed E-state index contributed by atoms with van der Waals surface area (Å²) >= 11 is 7.37. The van der Waals surface area contributed by atoms with Crippen molar-refractivity contribution in [1.82, 2.24) is 4.98 Å². The van der Waals surface area contributed by atoms with Gasteiger partial charge in [0, 0.05) is 5.02 Å². The van der Waals surface area contributed by atoms with Gasteiger partial charge in [0.15, 0.2) is 11.5 Å². The summed E-state index contributed by atoms with van der Waals surface area (Å²) in [6.07, 6.45) is 1.64. The Hall–Kier alpha value is -3.42. The van der Waals surface area contributed by atoms with Crippen molar-refractivity contribution in [2.24, 2.45) is 5.10 Å². The predicted molar refractivity (Wildman–Crippen MR) is 120 cm³/mol. The van der Waals surface area contributed by atoms with E-state index in [-0.39, 0.29) is 0 Å². The molecule has 0 atom stereocenters. The van der Waals surface area contributed by atoms with E-state index in [0.29, 0.717) is 27.2 Å². The highest BCUT2D eigenvalue weighted by Crippen LogP contribution is 2.29. The van der Waals surface area contributed by atoms with Crippen molar-refractivity contribution in [3.63, 3.8) is 0 Å². The number of nitrogens with zero attached hydrogens (tertiary/aromatic N) is 2. The molecule has 0 aliphatic carbocycles. The summed E-state index contributed by atoms with van der Waals surface area (Å²) in [6, 6.07) is 19.5. The molecular formula is C22H16ClN3O3S. The number of anilines is 1. The number of aromatic nitrogens is 1. The number of fused-ring (bicyclic) bond motifs is 1. The fourth-order valence-corrected chi connectivity index (χ4v) is 3.62. The lowest BCUT2D eigenvalue weighted by Gasteiger charge is -2.10. The van der Waals surface area contributed by atoms with Gasteiger partial charge in [-0.2, -0.15) is 5.10 Å². The van der Waals surface area contributed by atoms with E-state index in [2.05, 4.69) is 15.5 Å². The van der Waals surface area contributed by atoms with Gasteiger partial charge in [-0.15, -0.1) is 0 Å². The molecule has 0 bridgehead atoms. The van der Waals surface area contributed by atoms with Gasteiger partial charge in [0.1, 0.15) is 0 Å². The van der Waals surface area contributed by atoms with Gasteiger partial charge in [0.2, 0.25) is 5.13 Å². The third kappa shape index (κ3) is 4.59. The molecule has 4 rings (SSSR count). The zero-order valence-electron chi connectivity index (χ0n) is 15.8. The van der Waals surface area contributed by atoms with E-state index in [9.17, 15) is 4.79 Å². The SMILES string of the molecule is COc1cc(/C=N/Nc2nc3ccccc3s2)ccc1OC(=O)c1ccc(Cl)cc1. The summed E-state index contributed by atoms with van der Waals surface area (Å²) in [5.41, 5.74) is 5.02. The summed E-state index contributed by atoms with van der Waals surface area (Å²) in [7, 11) is 1.51. The zero-order chi connectivity index (χ0) is 20.9. The van der Waals surface area contributed by atoms with Gasteiger partial charge in [-0.25, -0.2) is 9.78 Å². The second-order valence-electron chi connectivity index (χ2n) is 6.16. The molecule has 30 heavy (non-hydrogen) atoms. The number of rotatable bonds is 6. The van der Waals surface area contributed by atoms with Crippen LogP contribution in [0.5, 0.6) is 11.5 Å². The maximum atomic E-state index is 12.3. The van der Waals surface area contributed by atoms with Crippen LogP contribution in [0.3, 0.4) is 0 Å². The summed E-state index contributed by atoms with van der Waals surface area (Å²) in [6.45, 7) is 0. The molecule has 0 saturated carbocycles. The van der Waals surface area contributed by atoms with E-state index in [1.54, 1.807) is 48.7 Å². The normalized spacial score (nSPS) is 11.0. The van der Waals surface area contributed by atoms with Crippen LogP contribution < -0.4 is 14.9 Å². The first-order valence-corrected chi connectivity index (χ1v) is 10.1. The Morgan fingerprint density at radius 2 is 1.90 bits per heavy atom. The van der Waals surface area contributed by atoms with E-state index < -0.39 is 5.97 Å². The fourth-order valence-electron chi connectivity index (χ4n) is 2.68. The average molecular weight is 438 g/mol. The van der Waals surface area contributed by atoms with Crippen LogP contribution in [-0.2, 0) is 0 Å². The Morgan fingerprint density at radius 3 is 2.67 bits per heavy atom. The minimum atomic E-state index is -0.496. The first-order chi connectivity index (χ1) is 14.6. The van der Waals surface area contributed by atoms with Gasteiger partial charge in [0.05, 0.1) is 29.1 Å². The van der Waals surface area contributed by atoms with E-state index in [1.807, 2.05) is 24.3 Å². The first-order valence-electron chi connectivity index (χ1n) is 8.93. The molecule has 150 valence electrons. The van der Waals surface area contributed by atoms with Crippen LogP contribution in [0, 0.1) is 0 Å². The molecule has 0 radical (unpaired) electrons. The third-order valence-electron chi connectivity index (χ3n) is 4.14. The van der Waals surface area contributed by atoms with Crippen molar-refractivity contribution in [2.45, 2.75) is 0 Å². The number of hydrazone groups is 1. The van der Waals surface area contributed by atoms with Crippen LogP contribution in [0.2, 0.25) is 5.02 Å². The van der Waals surface area contributed by atoms with Gasteiger partial charge < -0.3 is 9.47 Å². The maximum absolute atomic E-state index is 12.3. The van der Waals surface area contributed by atoms with Crippen LogP contribution >= 0.6 is 22.9 Å². The lowest BCUT2D eigenvalue weighted by atomic mass is 10.2. The highest BCUT2D eigenvalue weighted by Gasteiger charge is 2.13. The van der Waals surface area contributed by atoms with Crippen LogP contribution in [0.15, 0.2) is 71.8 Å². The topological polar surface area (TPSA) is 72.8 Å². The lowest BCUT2D eigenvalue weighted by molar-refractivity contribution is 0.0729. The van der Waals surface area contributed by atoms with Crippen LogP contribution in [0.25, 0.3) is 10.2 Å². The maximum Gasteiger partial charge on any atom is 0.343 e. The first kappa shape index (κ1) is 19.9. The molecule has 1 N–H and O–H groups in total. The minimum Gasteiger partial charge on any atom is -0.493 e. The standard InChI is InChI=1S/C22H16ClN3O3S/c1-28-19-12-14(13-24-26-22-25-17-4-2-3-5-20(17)30-22)6-11-18(19)29-21(27)15-7-9-16(23)10-8-15/h2-13H,1H3,(H,25,26)/b24-13+. The number of halogens is 1. The van der Waals surface area contributed by atoms with Gasteiger partial charge in [-0.1, -0.05) is 35.1 Å². The Bertz CT molecular complexity index is 1190. The number of para-hydroxylation sites is 1. The van der Waals surface area contributed by atoms with Crippen LogP contribution in [0.4, 0.5) is 5.13 Å². The zero-order valence-corrected chi connectivity index (χ0v) is 17.4. The number of nitrogens with one attached hydrogen (secondary N) is 1. The molecule has 1 aromatic heterocycles. The molecule has 0 aliphatic rings. The number of benzene rings is 3. The second-order valence-corrected chi connectivity index (χ2v) is 7.63. The third-order valence-corrected chi connectivity index (χ3v) is 5.33. The molecule has 0 aliphatic heterocycles. The van der Waals surface area contributed by atoms with E-state index in [1.165, 1.54) is 18.4 Å². The van der Waals surface area contributed by atoms with Gasteiger partial charge in [-0.05, 0) is 60.2 Å². The fraction of sp³-hybridized carbons (Fsp3) is 0.0455. The number of carbonyl (C=O) groups excluding carboxylic acids is 1. The van der Waals surface area contributed by atoms with Crippen molar-refractivity contribution in [3.05, 3.63) is 82.9 Å². The number of thiazole rings is 1. The highest BCUT2D eigenvalue weighted by atomic mass is 35.5. The van der Waals surface area contributed by atoms with Crippen molar-refractivity contribution in [1.29, 1.82) is 0 Å². The Labute approximate surface area is 181 Å². The number of esters is 1. The van der Waals surface area contributed by atoms with E-state index in [4.69, 9.17) is 21.1 Å². The number of hydrogen-bond donors (Lipinski definition) is 1. The molecule has 0 unspecified atom stereocenters. The largest absolute Gasteiger partial charge is 0.493 e. The van der Waals surface area contributed by atoms with Crippen LogP contribution in [0.1, 0.15) is 15.9 Å². The minimum absolute atomic E-state index is 0.314. The monoisotopic (exact) mass is 437 g/mol. The van der Waals surface area contributed by atoms with Gasteiger partial charge in [-0.3, -0.25) is 5.43 Å². The smallest absolute Gasteiger partial charge is 0.343 e. The molecule has 0 amide bonds. The molecule has 0 fully saturated rings. The summed E-state index contributed by atoms with van der Waals surface area (Å²) < 4.78 is 11.9. The highest BCUT2D eigenvalue weighted by molar-refractivity contribution is 7.22. The van der Waals surface area contributed by atoms with E-state index >= 15 is 0 Å². The molecule has 0 spiro atoms. The summed E-state index contributed by atoms with van der Waals surface area (Å²) in [4.78, 5) is 16.8. The molecule has 1 heterocycles. The van der Waals surface area contributed by atoms with Crippen molar-refractivity contribution >= 4 is 50.5 Å². The molecular weight excluding hydrogens is 422 g/mol. The molecule has 4 aromatic rings. The number of carbonyl (C=O) groups is 1. The summed E-state index contributed by atoms with van der Waals surface area (Å²) in [5.74, 6) is 0.235. The predicted octanol–water partition coefficient (Wildman–Crippen LogP) is 5.62. The van der Waals surface area contributed by atoms with Gasteiger partial charge >= 0.3 is 5.97 Å². The second kappa shape index (κ2) is 8.94. The molecule has 8 heteroatoms. The Morgan fingerprint density at radius 1 is 1.10 bits per heavy atom. The van der Waals surface area contributed by atoms with Gasteiger partial charge in [0.25, 0.3) is 0 Å². The molecule has 6 nitrogen and oxygen atoms in total. The lowest BCUT2D eigenvalue weighted by Crippen LogP contribution is -2.09. The number of hydrogen-bond acceptors (Lipinski definition) is 7. The summed E-state index contributed by atoms with van der Waals surface area (Å²) in [5, 5.41) is 5.48. The van der Waals surface area contributed by atoms with E-state index in [0.717, 1.165) is 15.8 Å². The number of ether oxygens (including phenoxy) is 2. The van der Waals surface area contributed by atoms with Crippen molar-refractivity contribution < 1.29 is 14.3 Å². The molecule has 3 aromatic carbocycles.